The molecule has 1 aliphatic rings. The lowest BCUT2D eigenvalue weighted by Crippen LogP contribution is -2.39. The third-order valence-electron chi connectivity index (χ3n) is 4.77. The molecule has 0 radical (unpaired) electrons. The molecule has 7 heteroatoms. The first-order chi connectivity index (χ1) is 13.8. The number of nitrogens with zero attached hydrogens (tertiary/aromatic N) is 2. The molecule has 3 rings (SSSR count). The number of carbonyl (C=O) groups excluding carboxylic acids is 1. The zero-order chi connectivity index (χ0) is 19.6. The third kappa shape index (κ3) is 7.06. The van der Waals surface area contributed by atoms with Gasteiger partial charge in [-0.3, -0.25) is 9.79 Å². The minimum Gasteiger partial charge on any atom is -0.491 e. The van der Waals surface area contributed by atoms with E-state index in [1.807, 2.05) is 36.1 Å². The van der Waals surface area contributed by atoms with Gasteiger partial charge in [-0.25, -0.2) is 0 Å². The molecule has 1 heterocycles. The van der Waals surface area contributed by atoms with Crippen molar-refractivity contribution < 1.29 is 9.53 Å². The zero-order valence-electron chi connectivity index (χ0n) is 17.0. The van der Waals surface area contributed by atoms with Crippen LogP contribution in [0.15, 0.2) is 47.5 Å². The first-order valence-electron chi connectivity index (χ1n) is 10.2. The lowest BCUT2D eigenvalue weighted by molar-refractivity contribution is -0.127. The van der Waals surface area contributed by atoms with E-state index in [9.17, 15) is 4.79 Å². The number of hydrogen-bond donors (Lipinski definition) is 2. The number of ether oxygens (including phenoxy) is 1. The van der Waals surface area contributed by atoms with Crippen molar-refractivity contribution in [3.8, 4) is 5.75 Å². The molecule has 2 N–H and O–H groups in total. The molecule has 1 fully saturated rings. The quantitative estimate of drug-likeness (QED) is 0.235. The largest absolute Gasteiger partial charge is 0.491 e. The minimum absolute atomic E-state index is 0. The maximum absolute atomic E-state index is 11.6. The number of amides is 1. The van der Waals surface area contributed by atoms with Crippen LogP contribution in [0.3, 0.4) is 0 Å². The Bertz CT molecular complexity index is 807. The molecule has 6 nitrogen and oxygen atoms in total. The average molecular weight is 510 g/mol. The number of halogens is 1. The van der Waals surface area contributed by atoms with Crippen LogP contribution in [0.1, 0.15) is 26.2 Å². The van der Waals surface area contributed by atoms with E-state index in [1.54, 1.807) is 0 Å². The van der Waals surface area contributed by atoms with Crippen LogP contribution in [0.25, 0.3) is 10.8 Å². The summed E-state index contributed by atoms with van der Waals surface area (Å²) in [6.45, 7) is 6.47. The van der Waals surface area contributed by atoms with Gasteiger partial charge >= 0.3 is 0 Å². The SMILES string of the molecule is CCNC(=NCCCN1CCCC1=O)NCCOc1cccc2ccccc12.I. The summed E-state index contributed by atoms with van der Waals surface area (Å²) >= 11 is 0. The number of fused-ring (bicyclic) bond motifs is 1. The Labute approximate surface area is 190 Å². The molecule has 2 aromatic carbocycles. The molecule has 2 aromatic rings. The topological polar surface area (TPSA) is 66.0 Å². The van der Waals surface area contributed by atoms with Crippen molar-refractivity contribution in [1.82, 2.24) is 15.5 Å². The second-order valence-electron chi connectivity index (χ2n) is 6.85. The van der Waals surface area contributed by atoms with Gasteiger partial charge in [-0.15, -0.1) is 24.0 Å². The normalized spacial score (nSPS) is 14.0. The maximum atomic E-state index is 11.6. The first kappa shape index (κ1) is 23.3. The number of guanidine groups is 1. The highest BCUT2D eigenvalue weighted by Crippen LogP contribution is 2.24. The molecule has 0 aromatic heterocycles. The van der Waals surface area contributed by atoms with Crippen molar-refractivity contribution in [2.45, 2.75) is 26.2 Å². The predicted molar refractivity (Wildman–Crippen MR) is 129 cm³/mol. The molecule has 158 valence electrons. The fraction of sp³-hybridized carbons (Fsp3) is 0.455. The second kappa shape index (κ2) is 12.5. The third-order valence-corrected chi connectivity index (χ3v) is 4.77. The number of carbonyl (C=O) groups is 1. The Balaban J connectivity index is 0.00000300. The lowest BCUT2D eigenvalue weighted by Gasteiger charge is -2.15. The van der Waals surface area contributed by atoms with Crippen molar-refractivity contribution in [3.05, 3.63) is 42.5 Å². The maximum Gasteiger partial charge on any atom is 0.222 e. The van der Waals surface area contributed by atoms with Crippen LogP contribution < -0.4 is 15.4 Å². The molecular weight excluding hydrogens is 479 g/mol. The van der Waals surface area contributed by atoms with Gasteiger partial charge in [0, 0.05) is 38.0 Å². The summed E-state index contributed by atoms with van der Waals surface area (Å²) in [6, 6.07) is 14.3. The van der Waals surface area contributed by atoms with Crippen LogP contribution >= 0.6 is 24.0 Å². The van der Waals surface area contributed by atoms with Crippen LogP contribution in [-0.4, -0.2) is 56.1 Å². The van der Waals surface area contributed by atoms with Crippen molar-refractivity contribution in [2.24, 2.45) is 4.99 Å². The summed E-state index contributed by atoms with van der Waals surface area (Å²) in [5.74, 6) is 1.97. The van der Waals surface area contributed by atoms with Gasteiger partial charge in [0.05, 0.1) is 6.54 Å². The van der Waals surface area contributed by atoms with E-state index < -0.39 is 0 Å². The van der Waals surface area contributed by atoms with Crippen molar-refractivity contribution in [2.75, 3.05) is 39.3 Å². The van der Waals surface area contributed by atoms with E-state index in [-0.39, 0.29) is 29.9 Å². The van der Waals surface area contributed by atoms with Gasteiger partial charge < -0.3 is 20.3 Å². The average Bonchev–Trinajstić information content (AvgIpc) is 3.13. The summed E-state index contributed by atoms with van der Waals surface area (Å²) in [7, 11) is 0. The minimum atomic E-state index is 0. The fourth-order valence-electron chi connectivity index (χ4n) is 3.39. The molecule has 0 bridgehead atoms. The molecule has 1 aliphatic heterocycles. The Morgan fingerprint density at radius 2 is 2.00 bits per heavy atom. The van der Waals surface area contributed by atoms with Crippen LogP contribution in [0.2, 0.25) is 0 Å². The second-order valence-corrected chi connectivity index (χ2v) is 6.85. The van der Waals surface area contributed by atoms with Gasteiger partial charge in [-0.1, -0.05) is 36.4 Å². The van der Waals surface area contributed by atoms with E-state index in [2.05, 4.69) is 33.8 Å². The smallest absolute Gasteiger partial charge is 0.222 e. The number of nitrogens with one attached hydrogen (secondary N) is 2. The van der Waals surface area contributed by atoms with Crippen molar-refractivity contribution >= 4 is 46.6 Å². The van der Waals surface area contributed by atoms with E-state index in [1.165, 1.54) is 5.39 Å². The van der Waals surface area contributed by atoms with Gasteiger partial charge in [-0.2, -0.15) is 0 Å². The lowest BCUT2D eigenvalue weighted by atomic mass is 10.1. The van der Waals surface area contributed by atoms with Crippen molar-refractivity contribution in [3.63, 3.8) is 0 Å². The van der Waals surface area contributed by atoms with E-state index in [4.69, 9.17) is 4.74 Å². The van der Waals surface area contributed by atoms with Gasteiger partial charge in [-0.05, 0) is 31.2 Å². The Morgan fingerprint density at radius 1 is 1.17 bits per heavy atom. The highest BCUT2D eigenvalue weighted by molar-refractivity contribution is 14.0. The van der Waals surface area contributed by atoms with Gasteiger partial charge in [0.1, 0.15) is 12.4 Å². The number of aliphatic imine (C=N–C) groups is 1. The summed E-state index contributed by atoms with van der Waals surface area (Å²) in [5, 5.41) is 8.87. The summed E-state index contributed by atoms with van der Waals surface area (Å²) in [6.07, 6.45) is 2.57. The van der Waals surface area contributed by atoms with E-state index in [0.717, 1.165) is 49.6 Å². The first-order valence-corrected chi connectivity index (χ1v) is 10.2. The Kier molecular flexibility index (Phi) is 10.0. The molecule has 1 amide bonds. The van der Waals surface area contributed by atoms with Crippen LogP contribution in [-0.2, 0) is 4.79 Å². The van der Waals surface area contributed by atoms with Crippen LogP contribution in [0.4, 0.5) is 0 Å². The highest BCUT2D eigenvalue weighted by atomic mass is 127. The molecule has 0 aliphatic carbocycles. The zero-order valence-corrected chi connectivity index (χ0v) is 19.4. The monoisotopic (exact) mass is 510 g/mol. The van der Waals surface area contributed by atoms with Gasteiger partial charge in [0.2, 0.25) is 5.91 Å². The van der Waals surface area contributed by atoms with Gasteiger partial charge in [0.15, 0.2) is 5.96 Å². The fourth-order valence-corrected chi connectivity index (χ4v) is 3.39. The van der Waals surface area contributed by atoms with Crippen LogP contribution in [0, 0.1) is 0 Å². The van der Waals surface area contributed by atoms with E-state index >= 15 is 0 Å². The standard InChI is InChI=1S/C22H30N4O2.HI/c1-2-23-22(24-13-7-16-26-15-6-12-21(26)27)25-14-17-28-20-11-5-9-18-8-3-4-10-19(18)20;/h3-5,8-11H,2,6-7,12-17H2,1H3,(H2,23,24,25);1H. The molecule has 1 saturated heterocycles. The van der Waals surface area contributed by atoms with Crippen molar-refractivity contribution in [1.29, 1.82) is 0 Å². The molecule has 29 heavy (non-hydrogen) atoms. The number of hydrogen-bond acceptors (Lipinski definition) is 3. The molecule has 0 atom stereocenters. The Hall–Kier alpha value is -2.03. The molecular formula is C22H31IN4O2. The predicted octanol–water partition coefficient (Wildman–Crippen LogP) is 3.40. The van der Waals surface area contributed by atoms with Crippen LogP contribution in [0.5, 0.6) is 5.75 Å². The summed E-state index contributed by atoms with van der Waals surface area (Å²) in [5.41, 5.74) is 0. The summed E-state index contributed by atoms with van der Waals surface area (Å²) in [4.78, 5) is 18.2. The van der Waals surface area contributed by atoms with E-state index in [0.29, 0.717) is 26.1 Å². The van der Waals surface area contributed by atoms with Gasteiger partial charge in [0.25, 0.3) is 0 Å². The Morgan fingerprint density at radius 3 is 2.79 bits per heavy atom. The molecule has 0 spiro atoms. The number of benzene rings is 2. The number of likely N-dealkylation sites (tertiary alicyclic amines) is 1. The molecule has 0 saturated carbocycles. The molecule has 0 unspecified atom stereocenters. The summed E-state index contributed by atoms with van der Waals surface area (Å²) < 4.78 is 5.96. The highest BCUT2D eigenvalue weighted by Gasteiger charge is 2.18. The number of rotatable bonds is 9.